The summed E-state index contributed by atoms with van der Waals surface area (Å²) in [7, 11) is 0. The van der Waals surface area contributed by atoms with E-state index in [0.717, 1.165) is 31.1 Å². The molecule has 0 saturated carbocycles. The van der Waals surface area contributed by atoms with Gasteiger partial charge < -0.3 is 15.4 Å². The Morgan fingerprint density at radius 1 is 1.50 bits per heavy atom. The van der Waals surface area contributed by atoms with Crippen LogP contribution in [-0.4, -0.2) is 33.4 Å². The topological polar surface area (TPSA) is 81.1 Å². The van der Waals surface area contributed by atoms with Gasteiger partial charge in [0.05, 0.1) is 24.1 Å². The van der Waals surface area contributed by atoms with Crippen molar-refractivity contribution in [2.75, 3.05) is 11.9 Å². The number of hydrogen-bond acceptors (Lipinski definition) is 4. The zero-order valence-corrected chi connectivity index (χ0v) is 13.4. The Morgan fingerprint density at radius 2 is 2.38 bits per heavy atom. The molecule has 2 aromatic heterocycles. The molecule has 2 amide bonds. The third-order valence-electron chi connectivity index (χ3n) is 3.97. The van der Waals surface area contributed by atoms with Gasteiger partial charge in [0.15, 0.2) is 5.82 Å². The maximum Gasteiger partial charge on any atom is 0.319 e. The quantitative estimate of drug-likeness (QED) is 0.901. The molecule has 3 rings (SSSR count). The molecular formula is C16H20FN5O2. The van der Waals surface area contributed by atoms with Crippen molar-refractivity contribution in [2.45, 2.75) is 38.5 Å². The van der Waals surface area contributed by atoms with Crippen molar-refractivity contribution in [3.05, 3.63) is 42.2 Å². The maximum absolute atomic E-state index is 13.6. The summed E-state index contributed by atoms with van der Waals surface area (Å²) in [5, 5.41) is 9.63. The summed E-state index contributed by atoms with van der Waals surface area (Å²) in [5.74, 6) is -0.576. The van der Waals surface area contributed by atoms with E-state index in [4.69, 9.17) is 4.74 Å². The maximum atomic E-state index is 13.6. The predicted molar refractivity (Wildman–Crippen MR) is 86.0 cm³/mol. The van der Waals surface area contributed by atoms with E-state index in [1.807, 2.05) is 17.8 Å². The number of ether oxygens (including phenoxy) is 1. The van der Waals surface area contributed by atoms with Crippen LogP contribution in [0.5, 0.6) is 0 Å². The molecule has 24 heavy (non-hydrogen) atoms. The summed E-state index contributed by atoms with van der Waals surface area (Å²) < 4.78 is 21.2. The molecule has 1 aliphatic rings. The highest BCUT2D eigenvalue weighted by atomic mass is 19.1. The van der Waals surface area contributed by atoms with Gasteiger partial charge in [-0.3, -0.25) is 9.67 Å². The second kappa shape index (κ2) is 7.39. The van der Waals surface area contributed by atoms with Crippen LogP contribution in [0.2, 0.25) is 0 Å². The number of aromatic nitrogens is 3. The molecule has 2 aromatic rings. The smallest absolute Gasteiger partial charge is 0.319 e. The van der Waals surface area contributed by atoms with E-state index in [-0.39, 0.29) is 17.8 Å². The fourth-order valence-corrected chi connectivity index (χ4v) is 2.76. The van der Waals surface area contributed by atoms with Crippen LogP contribution in [0.1, 0.15) is 31.4 Å². The minimum atomic E-state index is -0.576. The average Bonchev–Trinajstić information content (AvgIpc) is 3.06. The van der Waals surface area contributed by atoms with Gasteiger partial charge in [0.25, 0.3) is 0 Å². The zero-order chi connectivity index (χ0) is 16.9. The first-order valence-corrected chi connectivity index (χ1v) is 7.98. The van der Waals surface area contributed by atoms with E-state index >= 15 is 0 Å². The van der Waals surface area contributed by atoms with Gasteiger partial charge in [-0.2, -0.15) is 5.10 Å². The number of nitrogens with one attached hydrogen (secondary N) is 2. The summed E-state index contributed by atoms with van der Waals surface area (Å²) >= 11 is 0. The SMILES string of the molecule is CCn1cc([C@H]2OCCC[C@@H]2NC(=O)Nc2ccncc2F)cn1. The van der Waals surface area contributed by atoms with Crippen LogP contribution in [0.15, 0.2) is 30.9 Å². The molecular weight excluding hydrogens is 313 g/mol. The van der Waals surface area contributed by atoms with E-state index in [1.165, 1.54) is 12.3 Å². The van der Waals surface area contributed by atoms with Crippen LogP contribution in [0.4, 0.5) is 14.9 Å². The number of rotatable bonds is 4. The molecule has 2 N–H and O–H groups in total. The van der Waals surface area contributed by atoms with Crippen LogP contribution >= 0.6 is 0 Å². The Morgan fingerprint density at radius 3 is 3.12 bits per heavy atom. The lowest BCUT2D eigenvalue weighted by Crippen LogP contribution is -2.44. The van der Waals surface area contributed by atoms with Gasteiger partial charge in [-0.25, -0.2) is 9.18 Å². The van der Waals surface area contributed by atoms with Gasteiger partial charge >= 0.3 is 6.03 Å². The van der Waals surface area contributed by atoms with E-state index in [9.17, 15) is 9.18 Å². The highest BCUT2D eigenvalue weighted by Crippen LogP contribution is 2.28. The molecule has 0 unspecified atom stereocenters. The fraction of sp³-hybridized carbons (Fsp3) is 0.438. The molecule has 3 heterocycles. The van der Waals surface area contributed by atoms with Crippen molar-refractivity contribution >= 4 is 11.7 Å². The lowest BCUT2D eigenvalue weighted by molar-refractivity contribution is -0.00701. The highest BCUT2D eigenvalue weighted by molar-refractivity contribution is 5.89. The predicted octanol–water partition coefficient (Wildman–Crippen LogP) is 2.48. The van der Waals surface area contributed by atoms with E-state index < -0.39 is 11.8 Å². The lowest BCUT2D eigenvalue weighted by Gasteiger charge is -2.31. The largest absolute Gasteiger partial charge is 0.371 e. The van der Waals surface area contributed by atoms with Gasteiger partial charge in [-0.15, -0.1) is 0 Å². The van der Waals surface area contributed by atoms with Crippen LogP contribution < -0.4 is 10.6 Å². The summed E-state index contributed by atoms with van der Waals surface area (Å²) in [6.45, 7) is 3.42. The molecule has 128 valence electrons. The second-order valence-electron chi connectivity index (χ2n) is 5.62. The van der Waals surface area contributed by atoms with Crippen LogP contribution in [0.3, 0.4) is 0 Å². The summed E-state index contributed by atoms with van der Waals surface area (Å²) in [5.41, 5.74) is 1.02. The monoisotopic (exact) mass is 333 g/mol. The molecule has 7 nitrogen and oxygen atoms in total. The number of pyridine rings is 1. The van der Waals surface area contributed by atoms with Crippen LogP contribution in [0.25, 0.3) is 0 Å². The van der Waals surface area contributed by atoms with Crippen molar-refractivity contribution in [3.8, 4) is 0 Å². The van der Waals surface area contributed by atoms with E-state index in [0.29, 0.717) is 6.61 Å². The van der Waals surface area contributed by atoms with Crippen LogP contribution in [0, 0.1) is 5.82 Å². The lowest BCUT2D eigenvalue weighted by atomic mass is 9.98. The number of hydrogen-bond donors (Lipinski definition) is 2. The molecule has 0 radical (unpaired) electrons. The molecule has 0 spiro atoms. The molecule has 0 bridgehead atoms. The van der Waals surface area contributed by atoms with E-state index in [2.05, 4.69) is 20.7 Å². The summed E-state index contributed by atoms with van der Waals surface area (Å²) in [4.78, 5) is 15.8. The number of aryl methyl sites for hydroxylation is 1. The molecule has 8 heteroatoms. The van der Waals surface area contributed by atoms with Gasteiger partial charge in [0.1, 0.15) is 6.10 Å². The molecule has 1 fully saturated rings. The Kier molecular flexibility index (Phi) is 5.05. The normalized spacial score (nSPS) is 20.6. The number of carbonyl (C=O) groups is 1. The molecule has 1 saturated heterocycles. The van der Waals surface area contributed by atoms with Crippen molar-refractivity contribution in [1.82, 2.24) is 20.1 Å². The highest BCUT2D eigenvalue weighted by Gasteiger charge is 2.30. The third-order valence-corrected chi connectivity index (χ3v) is 3.97. The van der Waals surface area contributed by atoms with E-state index in [1.54, 1.807) is 6.20 Å². The standard InChI is InChI=1S/C16H20FN5O2/c1-2-22-10-11(8-19-22)15-14(4-3-7-24-15)21-16(23)20-13-5-6-18-9-12(13)17/h5-6,8-10,14-15H,2-4,7H2,1H3,(H2,18,20,21,23)/t14-,15+/m0/s1. The Balaban J connectivity index is 1.67. The first-order chi connectivity index (χ1) is 11.7. The first-order valence-electron chi connectivity index (χ1n) is 7.98. The Hall–Kier alpha value is -2.48. The van der Waals surface area contributed by atoms with Crippen molar-refractivity contribution in [3.63, 3.8) is 0 Å². The Labute approximate surface area is 139 Å². The number of urea groups is 1. The molecule has 0 aromatic carbocycles. The second-order valence-corrected chi connectivity index (χ2v) is 5.62. The van der Waals surface area contributed by atoms with Gasteiger partial charge in [-0.1, -0.05) is 0 Å². The van der Waals surface area contributed by atoms with Crippen molar-refractivity contribution in [2.24, 2.45) is 0 Å². The summed E-state index contributed by atoms with van der Waals surface area (Å²) in [6.07, 6.45) is 7.54. The third kappa shape index (κ3) is 3.70. The number of anilines is 1. The fourth-order valence-electron chi connectivity index (χ4n) is 2.76. The minimum absolute atomic E-state index is 0.0922. The number of halogens is 1. The first kappa shape index (κ1) is 16.4. The van der Waals surface area contributed by atoms with Gasteiger partial charge in [0.2, 0.25) is 0 Å². The van der Waals surface area contributed by atoms with Crippen molar-refractivity contribution < 1.29 is 13.9 Å². The Bertz CT molecular complexity index is 705. The number of carbonyl (C=O) groups excluding carboxylic acids is 1. The van der Waals surface area contributed by atoms with Gasteiger partial charge in [-0.05, 0) is 25.8 Å². The average molecular weight is 333 g/mol. The van der Waals surface area contributed by atoms with Gasteiger partial charge in [0, 0.05) is 31.1 Å². The summed E-state index contributed by atoms with van der Waals surface area (Å²) in [6, 6.07) is 0.747. The molecule has 1 aliphatic heterocycles. The number of amides is 2. The number of nitrogens with zero attached hydrogens (tertiary/aromatic N) is 3. The van der Waals surface area contributed by atoms with Crippen molar-refractivity contribution in [1.29, 1.82) is 0 Å². The minimum Gasteiger partial charge on any atom is -0.371 e. The molecule has 0 aliphatic carbocycles. The zero-order valence-electron chi connectivity index (χ0n) is 13.4. The van der Waals surface area contributed by atoms with Crippen LogP contribution in [-0.2, 0) is 11.3 Å². The molecule has 2 atom stereocenters.